The molecule has 4 heterocycles. The highest BCUT2D eigenvalue weighted by molar-refractivity contribution is 7.91. The summed E-state index contributed by atoms with van der Waals surface area (Å²) in [6.07, 6.45) is 12.9. The van der Waals surface area contributed by atoms with Crippen LogP contribution in [0.1, 0.15) is 68.0 Å². The van der Waals surface area contributed by atoms with Crippen molar-refractivity contribution in [1.29, 1.82) is 0 Å². The molecule has 0 spiro atoms. The second kappa shape index (κ2) is 11.0. The molecular formula is C27H33N9O4S. The van der Waals surface area contributed by atoms with Gasteiger partial charge in [0.05, 0.1) is 17.6 Å². The first-order valence-electron chi connectivity index (χ1n) is 13.4. The van der Waals surface area contributed by atoms with Crippen molar-refractivity contribution in [2.75, 3.05) is 12.0 Å². The predicted molar refractivity (Wildman–Crippen MR) is 151 cm³/mol. The lowest BCUT2D eigenvalue weighted by atomic mass is 9.96. The number of nitrogens with one attached hydrogen (secondary N) is 1. The summed E-state index contributed by atoms with van der Waals surface area (Å²) in [5, 5.41) is 22.7. The van der Waals surface area contributed by atoms with Crippen molar-refractivity contribution in [3.63, 3.8) is 0 Å². The van der Waals surface area contributed by atoms with Gasteiger partial charge < -0.3 is 20.7 Å². The number of nitrogens with two attached hydrogens (primary N) is 1. The van der Waals surface area contributed by atoms with Crippen LogP contribution < -0.4 is 5.73 Å². The van der Waals surface area contributed by atoms with Crippen molar-refractivity contribution < 1.29 is 18.3 Å². The molecule has 1 amide bonds. The van der Waals surface area contributed by atoms with Crippen molar-refractivity contribution in [3.8, 4) is 11.1 Å². The number of sulfone groups is 1. The predicted octanol–water partition coefficient (Wildman–Crippen LogP) is 2.65. The van der Waals surface area contributed by atoms with Gasteiger partial charge in [0.2, 0.25) is 5.82 Å². The molecule has 14 heteroatoms. The van der Waals surface area contributed by atoms with Gasteiger partial charge in [0.25, 0.3) is 5.91 Å². The number of carbonyl (C=O) groups is 1. The Bertz CT molecular complexity index is 1690. The first kappa shape index (κ1) is 28.4. The van der Waals surface area contributed by atoms with E-state index in [0.29, 0.717) is 41.7 Å². The van der Waals surface area contributed by atoms with Gasteiger partial charge in [-0.3, -0.25) is 9.78 Å². The zero-order chi connectivity index (χ0) is 29.4. The molecule has 1 aliphatic carbocycles. The highest BCUT2D eigenvalue weighted by Gasteiger charge is 2.34. The monoisotopic (exact) mass is 579 g/mol. The molecule has 0 aromatic carbocycles. The number of aromatic nitrogens is 7. The Morgan fingerprint density at radius 1 is 1.29 bits per heavy atom. The van der Waals surface area contributed by atoms with Gasteiger partial charge in [-0.25, -0.2) is 13.4 Å². The van der Waals surface area contributed by atoms with Gasteiger partial charge in [-0.15, -0.1) is 10.2 Å². The van der Waals surface area contributed by atoms with Crippen molar-refractivity contribution in [3.05, 3.63) is 60.3 Å². The van der Waals surface area contributed by atoms with Crippen LogP contribution in [-0.4, -0.2) is 71.4 Å². The quantitative estimate of drug-likeness (QED) is 0.266. The van der Waals surface area contributed by atoms with Crippen LogP contribution in [-0.2, 0) is 21.9 Å². The minimum Gasteiger partial charge on any atom is -0.384 e. The molecule has 216 valence electrons. The number of anilines is 1. The molecule has 0 bridgehead atoms. The second-order valence-electron chi connectivity index (χ2n) is 10.4. The van der Waals surface area contributed by atoms with E-state index in [4.69, 9.17) is 10.7 Å². The number of hydrogen-bond donors (Lipinski definition) is 3. The Hall–Kier alpha value is -4.17. The number of pyridine rings is 1. The van der Waals surface area contributed by atoms with Crippen molar-refractivity contribution >= 4 is 27.2 Å². The highest BCUT2D eigenvalue weighted by atomic mass is 32.2. The maximum Gasteiger partial charge on any atom is 0.295 e. The number of H-pyrrole nitrogens is 1. The van der Waals surface area contributed by atoms with E-state index in [9.17, 15) is 18.3 Å². The van der Waals surface area contributed by atoms with Crippen LogP contribution in [0.3, 0.4) is 0 Å². The maximum atomic E-state index is 13.0. The van der Waals surface area contributed by atoms with E-state index >= 15 is 0 Å². The number of fused-ring (bicyclic) bond motifs is 1. The SMILES string of the molecule is C/C=C\N(C(=O)c1nnc[nH]1)[C@H](C)CCc1nc2c(-c3ccc(C4(O)CCCC4)nc3)cnn2c(N)c1S(C)(=O)=O. The average Bonchev–Trinajstić information content (AvgIpc) is 3.71. The van der Waals surface area contributed by atoms with E-state index in [1.54, 1.807) is 31.6 Å². The van der Waals surface area contributed by atoms with Crippen molar-refractivity contribution in [2.24, 2.45) is 0 Å². The molecule has 0 unspecified atom stereocenters. The largest absolute Gasteiger partial charge is 0.384 e. The fourth-order valence-electron chi connectivity index (χ4n) is 5.36. The van der Waals surface area contributed by atoms with Crippen LogP contribution in [0.25, 0.3) is 16.8 Å². The van der Waals surface area contributed by atoms with Crippen LogP contribution in [0.4, 0.5) is 5.82 Å². The van der Waals surface area contributed by atoms with E-state index in [0.717, 1.165) is 19.1 Å². The van der Waals surface area contributed by atoms with Crippen LogP contribution in [0.5, 0.6) is 0 Å². The topological polar surface area (TPSA) is 185 Å². The Balaban J connectivity index is 1.49. The van der Waals surface area contributed by atoms with Crippen molar-refractivity contribution in [2.45, 2.75) is 68.9 Å². The molecule has 1 saturated carbocycles. The third-order valence-corrected chi connectivity index (χ3v) is 8.68. The smallest absolute Gasteiger partial charge is 0.295 e. The molecule has 13 nitrogen and oxygen atoms in total. The molecule has 0 aliphatic heterocycles. The molecular weight excluding hydrogens is 546 g/mol. The number of amides is 1. The number of aromatic amines is 1. The highest BCUT2D eigenvalue weighted by Crippen LogP contribution is 2.38. The van der Waals surface area contributed by atoms with Crippen molar-refractivity contribution in [1.82, 2.24) is 39.7 Å². The molecule has 0 radical (unpaired) electrons. The Labute approximate surface area is 237 Å². The summed E-state index contributed by atoms with van der Waals surface area (Å²) in [5.41, 5.74) is 8.10. The summed E-state index contributed by atoms with van der Waals surface area (Å²) < 4.78 is 27.0. The minimum absolute atomic E-state index is 0.0423. The summed E-state index contributed by atoms with van der Waals surface area (Å²) >= 11 is 0. The van der Waals surface area contributed by atoms with Gasteiger partial charge in [-0.1, -0.05) is 25.0 Å². The van der Waals surface area contributed by atoms with Crippen LogP contribution in [0, 0.1) is 0 Å². The number of hydrogen-bond acceptors (Lipinski definition) is 10. The number of carbonyl (C=O) groups excluding carboxylic acids is 1. The van der Waals surface area contributed by atoms with Crippen LogP contribution in [0.2, 0.25) is 0 Å². The van der Waals surface area contributed by atoms with Gasteiger partial charge in [-0.05, 0) is 45.6 Å². The summed E-state index contributed by atoms with van der Waals surface area (Å²) in [7, 11) is -3.77. The van der Waals surface area contributed by atoms with Crippen LogP contribution >= 0.6 is 0 Å². The normalized spacial score (nSPS) is 16.0. The fraction of sp³-hybridized carbons (Fsp3) is 0.407. The lowest BCUT2D eigenvalue weighted by Gasteiger charge is -2.25. The Kier molecular flexibility index (Phi) is 7.62. The van der Waals surface area contributed by atoms with E-state index in [1.807, 2.05) is 19.1 Å². The zero-order valence-corrected chi connectivity index (χ0v) is 24.0. The summed E-state index contributed by atoms with van der Waals surface area (Å²) in [6, 6.07) is 3.32. The minimum atomic E-state index is -3.77. The summed E-state index contributed by atoms with van der Waals surface area (Å²) in [4.78, 5) is 26.4. The Morgan fingerprint density at radius 3 is 2.66 bits per heavy atom. The first-order chi connectivity index (χ1) is 19.5. The lowest BCUT2D eigenvalue weighted by molar-refractivity contribution is 0.0400. The standard InChI is InChI=1S/C27H33N9O4S/c1-4-13-35(26(37)24-30-16-31-34-24)17(2)7-9-20-22(41(3,39)40)23(28)36-25(33-20)19(15-32-36)18-8-10-21(29-14-18)27(38)11-5-6-12-27/h4,8,10,13-17,38H,5-7,9,11-12,28H2,1-3H3,(H,30,31,34)/b13-4-/t17-/m1/s1. The van der Waals surface area contributed by atoms with E-state index in [1.165, 1.54) is 15.7 Å². The number of allylic oxidation sites excluding steroid dienone is 1. The molecule has 4 N–H and O–H groups in total. The number of nitrogen functional groups attached to an aromatic ring is 1. The van der Waals surface area contributed by atoms with Gasteiger partial charge in [-0.2, -0.15) is 9.61 Å². The third kappa shape index (κ3) is 5.44. The van der Waals surface area contributed by atoms with E-state index < -0.39 is 15.4 Å². The molecule has 4 aromatic rings. The zero-order valence-electron chi connectivity index (χ0n) is 23.1. The molecule has 1 fully saturated rings. The molecule has 1 aliphatic rings. The Morgan fingerprint density at radius 2 is 2.05 bits per heavy atom. The molecule has 4 aromatic heterocycles. The molecule has 5 rings (SSSR count). The van der Waals surface area contributed by atoms with Gasteiger partial charge in [0.15, 0.2) is 15.5 Å². The number of aryl methyl sites for hydroxylation is 1. The number of rotatable bonds is 9. The lowest BCUT2D eigenvalue weighted by Crippen LogP contribution is -2.35. The molecule has 0 saturated heterocycles. The van der Waals surface area contributed by atoms with Gasteiger partial charge in [0.1, 0.15) is 22.6 Å². The van der Waals surface area contributed by atoms with Gasteiger partial charge in [0, 0.05) is 35.8 Å². The number of aliphatic hydroxyl groups is 1. The summed E-state index contributed by atoms with van der Waals surface area (Å²) in [5.74, 6) is -0.311. The fourth-order valence-corrected chi connectivity index (χ4v) is 6.40. The number of nitrogens with zero attached hydrogens (tertiary/aromatic N) is 7. The van der Waals surface area contributed by atoms with Crippen LogP contribution in [0.15, 0.2) is 48.0 Å². The average molecular weight is 580 g/mol. The van der Waals surface area contributed by atoms with E-state index in [-0.39, 0.29) is 40.6 Å². The van der Waals surface area contributed by atoms with E-state index in [2.05, 4.69) is 25.3 Å². The van der Waals surface area contributed by atoms with Gasteiger partial charge >= 0.3 is 0 Å². The second-order valence-corrected chi connectivity index (χ2v) is 12.4. The maximum absolute atomic E-state index is 13.0. The molecule has 41 heavy (non-hydrogen) atoms. The third-order valence-electron chi connectivity index (χ3n) is 7.50. The first-order valence-corrected chi connectivity index (χ1v) is 15.3. The summed E-state index contributed by atoms with van der Waals surface area (Å²) in [6.45, 7) is 3.65. The molecule has 1 atom stereocenters.